The van der Waals surface area contributed by atoms with Crippen LogP contribution in [0.4, 0.5) is 0 Å². The molecule has 0 saturated carbocycles. The Morgan fingerprint density at radius 3 is 1.29 bits per heavy atom. The van der Waals surface area contributed by atoms with E-state index < -0.39 is 49.1 Å². The molecular formula is C49H50N8O9S2. The summed E-state index contributed by atoms with van der Waals surface area (Å²) < 4.78 is 74.4. The van der Waals surface area contributed by atoms with Gasteiger partial charge < -0.3 is 29.9 Å². The largest absolute Gasteiger partial charge is 0.355 e. The van der Waals surface area contributed by atoms with Crippen LogP contribution >= 0.6 is 0 Å². The Morgan fingerprint density at radius 2 is 0.956 bits per heavy atom. The number of allylic oxidation sites excluding steroid dienone is 4. The standard InChI is InChI=1S/C49H50N8O9S2/c1-7-54(8-2)46(59)43-37(21-27-52-48(43,65-5)41-29-33-31-50-25-23-39(33)56(41)67(61,62)35-17-13-11-14-18-35)45(58)38-22-28-53-49(66-6,44(38)47(60)55(9-3)10-4)42-30-34-32-51-26-24-40(34)57(42)68(63,64)36-19-15-12-16-20-36/h11-32,52-53H,7-10H2,1-6H3. The van der Waals surface area contributed by atoms with Crippen molar-refractivity contribution in [3.8, 4) is 0 Å². The molecule has 2 atom stereocenters. The molecule has 2 amide bonds. The summed E-state index contributed by atoms with van der Waals surface area (Å²) in [5.41, 5.74) is -5.22. The third kappa shape index (κ3) is 7.41. The normalized spacial score (nSPS) is 18.4. The number of ketones is 1. The van der Waals surface area contributed by atoms with Gasteiger partial charge in [0.05, 0.1) is 43.4 Å². The molecule has 0 fully saturated rings. The highest BCUT2D eigenvalue weighted by Crippen LogP contribution is 2.45. The maximum atomic E-state index is 16.0. The summed E-state index contributed by atoms with van der Waals surface area (Å²) in [6.07, 6.45) is 11.3. The fraction of sp³-hybridized carbons (Fsp3) is 0.245. The van der Waals surface area contributed by atoms with Crippen LogP contribution in [0, 0.1) is 0 Å². The van der Waals surface area contributed by atoms with E-state index in [1.165, 1.54) is 122 Å². The lowest BCUT2D eigenvalue weighted by Crippen LogP contribution is -2.54. The van der Waals surface area contributed by atoms with Gasteiger partial charge in [0.2, 0.25) is 11.4 Å². The number of ether oxygens (including phenoxy) is 2. The van der Waals surface area contributed by atoms with Crippen molar-refractivity contribution in [2.75, 3.05) is 40.4 Å². The minimum atomic E-state index is -4.46. The first-order valence-corrected chi connectivity index (χ1v) is 24.7. The van der Waals surface area contributed by atoms with E-state index in [4.69, 9.17) is 9.47 Å². The maximum Gasteiger partial charge on any atom is 0.268 e. The molecule has 2 aliphatic rings. The third-order valence-corrected chi connectivity index (χ3v) is 15.8. The van der Waals surface area contributed by atoms with Crippen molar-refractivity contribution < 1.29 is 40.7 Å². The number of pyridine rings is 2. The van der Waals surface area contributed by atoms with Crippen molar-refractivity contribution in [2.45, 2.75) is 48.9 Å². The summed E-state index contributed by atoms with van der Waals surface area (Å²) in [5, 5.41) is 7.04. The van der Waals surface area contributed by atoms with Gasteiger partial charge in [0.25, 0.3) is 31.9 Å². The van der Waals surface area contributed by atoms with Crippen LogP contribution in [0.3, 0.4) is 0 Å². The Balaban J connectivity index is 1.47. The Hall–Kier alpha value is -7.19. The predicted octanol–water partition coefficient (Wildman–Crippen LogP) is 5.29. The van der Waals surface area contributed by atoms with E-state index in [-0.39, 0.29) is 80.7 Å². The number of carbonyl (C=O) groups is 3. The lowest BCUT2D eigenvalue weighted by atomic mass is 9.82. The molecule has 6 aromatic rings. The Morgan fingerprint density at radius 1 is 0.588 bits per heavy atom. The number of fused-ring (bicyclic) bond motifs is 2. The molecule has 68 heavy (non-hydrogen) atoms. The number of benzene rings is 2. The zero-order chi connectivity index (χ0) is 48.6. The van der Waals surface area contributed by atoms with Crippen LogP contribution in [-0.4, -0.2) is 103 Å². The van der Waals surface area contributed by atoms with Crippen molar-refractivity contribution >= 4 is 59.5 Å². The molecular weight excluding hydrogens is 909 g/mol. The van der Waals surface area contributed by atoms with Crippen LogP contribution in [0.2, 0.25) is 0 Å². The molecule has 0 aliphatic carbocycles. The van der Waals surface area contributed by atoms with Crippen molar-refractivity contribution in [3.63, 3.8) is 0 Å². The van der Waals surface area contributed by atoms with Crippen molar-refractivity contribution in [3.05, 3.63) is 168 Å². The summed E-state index contributed by atoms with van der Waals surface area (Å²) in [6.45, 7) is 7.76. The highest BCUT2D eigenvalue weighted by atomic mass is 32.2. The lowest BCUT2D eigenvalue weighted by molar-refractivity contribution is -0.132. The number of nitrogens with zero attached hydrogens (tertiary/aromatic N) is 6. The van der Waals surface area contributed by atoms with Gasteiger partial charge in [0.1, 0.15) is 0 Å². The van der Waals surface area contributed by atoms with E-state index in [2.05, 4.69) is 20.6 Å². The molecule has 0 bridgehead atoms. The minimum Gasteiger partial charge on any atom is -0.355 e. The molecule has 0 saturated heterocycles. The number of hydrogen-bond donors (Lipinski definition) is 2. The summed E-state index contributed by atoms with van der Waals surface area (Å²) in [7, 11) is -6.35. The number of amides is 2. The molecule has 0 spiro atoms. The van der Waals surface area contributed by atoms with Crippen molar-refractivity contribution in [1.82, 2.24) is 38.3 Å². The molecule has 4 aromatic heterocycles. The molecule has 8 rings (SSSR count). The zero-order valence-electron chi connectivity index (χ0n) is 38.2. The molecule has 2 N–H and O–H groups in total. The summed E-state index contributed by atoms with van der Waals surface area (Å²) >= 11 is 0. The summed E-state index contributed by atoms with van der Waals surface area (Å²) in [5.74, 6) is -2.22. The van der Waals surface area contributed by atoms with Crippen LogP contribution in [0.25, 0.3) is 21.8 Å². The number of carbonyl (C=O) groups excluding carboxylic acids is 3. The molecule has 0 radical (unpaired) electrons. The molecule has 2 unspecified atom stereocenters. The summed E-state index contributed by atoms with van der Waals surface area (Å²) in [4.78, 5) is 58.0. The van der Waals surface area contributed by atoms with Gasteiger partial charge >= 0.3 is 0 Å². The van der Waals surface area contributed by atoms with E-state index in [9.17, 15) is 16.8 Å². The second-order valence-electron chi connectivity index (χ2n) is 15.7. The first-order chi connectivity index (χ1) is 32.7. The molecule has 352 valence electrons. The van der Waals surface area contributed by atoms with E-state index in [1.807, 2.05) is 0 Å². The van der Waals surface area contributed by atoms with Gasteiger partial charge in [0.15, 0.2) is 5.78 Å². The topological polar surface area (TPSA) is 204 Å². The number of methoxy groups -OCH3 is 2. The van der Waals surface area contributed by atoms with Crippen molar-refractivity contribution in [2.24, 2.45) is 0 Å². The number of hydrogen-bond acceptors (Lipinski definition) is 13. The highest BCUT2D eigenvalue weighted by molar-refractivity contribution is 7.90. The quantitative estimate of drug-likeness (QED) is 0.127. The lowest BCUT2D eigenvalue weighted by Gasteiger charge is -2.41. The van der Waals surface area contributed by atoms with Gasteiger partial charge in [-0.2, -0.15) is 0 Å². The van der Waals surface area contributed by atoms with Crippen LogP contribution in [-0.2, 0) is 55.4 Å². The van der Waals surface area contributed by atoms with E-state index in [0.717, 1.165) is 7.94 Å². The minimum absolute atomic E-state index is 0.0620. The number of aromatic nitrogens is 4. The zero-order valence-corrected chi connectivity index (χ0v) is 39.8. The molecule has 2 aromatic carbocycles. The predicted molar refractivity (Wildman–Crippen MR) is 254 cm³/mol. The van der Waals surface area contributed by atoms with Crippen LogP contribution in [0.1, 0.15) is 39.1 Å². The molecule has 17 nitrogen and oxygen atoms in total. The number of rotatable bonds is 16. The second kappa shape index (κ2) is 18.5. The van der Waals surface area contributed by atoms with Crippen molar-refractivity contribution in [1.29, 1.82) is 0 Å². The molecule has 6 heterocycles. The Labute approximate surface area is 394 Å². The average molecular weight is 959 g/mol. The Bertz CT molecular complexity index is 3100. The summed E-state index contributed by atoms with van der Waals surface area (Å²) in [6, 6.07) is 21.6. The third-order valence-electron chi connectivity index (χ3n) is 12.3. The molecule has 2 aliphatic heterocycles. The SMILES string of the molecule is CCN(CC)C(=O)C1=C(C(=O)C2=C(C(=O)N(CC)CC)C(OC)(c3cc4cnccc4n3S(=O)(=O)c3ccccc3)NC=C2)C=CNC1(OC)c1cc2cnccc2n1S(=O)(=O)c1ccccc1. The number of nitrogens with one attached hydrogen (secondary N) is 2. The Kier molecular flexibility index (Phi) is 12.9. The van der Waals surface area contributed by atoms with Gasteiger partial charge in [-0.1, -0.05) is 36.4 Å². The van der Waals surface area contributed by atoms with Gasteiger partial charge in [0, 0.05) is 99.5 Å². The van der Waals surface area contributed by atoms with E-state index >= 15 is 14.4 Å². The average Bonchev–Trinajstić information content (AvgIpc) is 3.98. The second-order valence-corrected chi connectivity index (χ2v) is 19.3. The number of likely N-dealkylation sites (N-methyl/N-ethyl adjacent to an activating group) is 2. The van der Waals surface area contributed by atoms with Crippen LogP contribution in [0.15, 0.2) is 166 Å². The van der Waals surface area contributed by atoms with Crippen LogP contribution < -0.4 is 10.6 Å². The fourth-order valence-corrected chi connectivity index (χ4v) is 12.1. The first kappa shape index (κ1) is 47.3. The van der Waals surface area contributed by atoms with E-state index in [1.54, 1.807) is 64.1 Å². The van der Waals surface area contributed by atoms with Crippen LogP contribution in [0.5, 0.6) is 0 Å². The van der Waals surface area contributed by atoms with Gasteiger partial charge in [-0.25, -0.2) is 24.8 Å². The highest BCUT2D eigenvalue weighted by Gasteiger charge is 2.53. The monoisotopic (exact) mass is 958 g/mol. The smallest absolute Gasteiger partial charge is 0.268 e. The number of dihydropyridines is 2. The number of Topliss-reactive ketones (excluding diaryl/α,β-unsaturated/α-hetero) is 1. The maximum absolute atomic E-state index is 16.0. The van der Waals surface area contributed by atoms with E-state index in [0.29, 0.717) is 10.8 Å². The van der Waals surface area contributed by atoms with Gasteiger partial charge in [-0.05, 0) is 88.4 Å². The van der Waals surface area contributed by atoms with Gasteiger partial charge in [-0.15, -0.1) is 0 Å². The van der Waals surface area contributed by atoms with Gasteiger partial charge in [-0.3, -0.25) is 24.4 Å². The first-order valence-electron chi connectivity index (χ1n) is 21.9. The fourth-order valence-electron chi connectivity index (χ4n) is 8.97. The molecule has 19 heteroatoms.